The lowest BCUT2D eigenvalue weighted by atomic mass is 10.2. The van der Waals surface area contributed by atoms with Crippen molar-refractivity contribution in [3.05, 3.63) is 23.9 Å². The van der Waals surface area contributed by atoms with E-state index in [-0.39, 0.29) is 6.61 Å². The summed E-state index contributed by atoms with van der Waals surface area (Å²) in [7, 11) is 1.67. The lowest BCUT2D eigenvalue weighted by Gasteiger charge is -2.22. The number of nitrogens with zero attached hydrogens (tertiary/aromatic N) is 2. The van der Waals surface area contributed by atoms with E-state index in [4.69, 9.17) is 9.84 Å². The van der Waals surface area contributed by atoms with Gasteiger partial charge in [0.05, 0.1) is 13.2 Å². The minimum atomic E-state index is 0.116. The van der Waals surface area contributed by atoms with Gasteiger partial charge >= 0.3 is 0 Å². The highest BCUT2D eigenvalue weighted by molar-refractivity contribution is 5.39. The van der Waals surface area contributed by atoms with E-state index in [0.717, 1.165) is 31.0 Å². The fourth-order valence-corrected chi connectivity index (χ4v) is 1.64. The largest absolute Gasteiger partial charge is 0.395 e. The molecule has 0 unspecified atom stereocenters. The number of aliphatic hydroxyl groups excluding tert-OH is 1. The Bertz CT molecular complexity index is 317. The second-order valence-corrected chi connectivity index (χ2v) is 4.01. The molecule has 0 spiro atoms. The van der Waals surface area contributed by atoms with Gasteiger partial charge in [-0.05, 0) is 18.2 Å². The highest BCUT2D eigenvalue weighted by Gasteiger charge is 2.06. The highest BCUT2D eigenvalue weighted by atomic mass is 16.5. The number of rotatable bonds is 9. The van der Waals surface area contributed by atoms with Crippen molar-refractivity contribution < 1.29 is 9.84 Å². The molecule has 1 aromatic rings. The van der Waals surface area contributed by atoms with Crippen LogP contribution in [0.2, 0.25) is 0 Å². The molecule has 1 rings (SSSR count). The lowest BCUT2D eigenvalue weighted by molar-refractivity contribution is 0.202. The fourth-order valence-electron chi connectivity index (χ4n) is 1.64. The molecule has 0 aliphatic rings. The van der Waals surface area contributed by atoms with Crippen molar-refractivity contribution in [2.24, 2.45) is 0 Å². The number of hydrogen-bond acceptors (Lipinski definition) is 5. The molecule has 0 aromatic carbocycles. The minimum absolute atomic E-state index is 0.116. The summed E-state index contributed by atoms with van der Waals surface area (Å²) in [6, 6.07) is 4.04. The van der Waals surface area contributed by atoms with Crippen LogP contribution < -0.4 is 10.2 Å². The van der Waals surface area contributed by atoms with Gasteiger partial charge in [0.2, 0.25) is 0 Å². The van der Waals surface area contributed by atoms with Gasteiger partial charge < -0.3 is 20.1 Å². The smallest absolute Gasteiger partial charge is 0.128 e. The monoisotopic (exact) mass is 253 g/mol. The third-order valence-corrected chi connectivity index (χ3v) is 2.65. The third kappa shape index (κ3) is 5.00. The quantitative estimate of drug-likeness (QED) is 0.676. The third-order valence-electron chi connectivity index (χ3n) is 2.65. The Balaban J connectivity index is 2.61. The number of aliphatic hydroxyl groups is 1. The first-order chi connectivity index (χ1) is 8.81. The van der Waals surface area contributed by atoms with Crippen LogP contribution in [0.3, 0.4) is 0 Å². The molecular formula is C13H23N3O2. The van der Waals surface area contributed by atoms with Crippen LogP contribution in [0.5, 0.6) is 0 Å². The number of nitrogens with one attached hydrogen (secondary N) is 1. The maximum atomic E-state index is 9.05. The van der Waals surface area contributed by atoms with Crippen LogP contribution in [0.4, 0.5) is 5.82 Å². The van der Waals surface area contributed by atoms with Crippen molar-refractivity contribution in [3.63, 3.8) is 0 Å². The number of methoxy groups -OCH3 is 1. The molecule has 18 heavy (non-hydrogen) atoms. The van der Waals surface area contributed by atoms with Crippen LogP contribution >= 0.6 is 0 Å². The van der Waals surface area contributed by atoms with Crippen LogP contribution in [0.25, 0.3) is 0 Å². The molecule has 0 saturated heterocycles. The predicted molar refractivity (Wildman–Crippen MR) is 72.8 cm³/mol. The molecule has 0 amide bonds. The predicted octanol–water partition coefficient (Wildman–Crippen LogP) is 0.636. The average Bonchev–Trinajstić information content (AvgIpc) is 2.42. The summed E-state index contributed by atoms with van der Waals surface area (Å²) >= 11 is 0. The number of ether oxygens (including phenoxy) is 1. The fraction of sp³-hybridized carbons (Fsp3) is 0.615. The Morgan fingerprint density at radius 2 is 2.22 bits per heavy atom. The number of pyridine rings is 1. The molecule has 5 nitrogen and oxygen atoms in total. The summed E-state index contributed by atoms with van der Waals surface area (Å²) in [5.74, 6) is 0.876. The first-order valence-electron chi connectivity index (χ1n) is 6.32. The van der Waals surface area contributed by atoms with Gasteiger partial charge in [-0.2, -0.15) is 0 Å². The first-order valence-corrected chi connectivity index (χ1v) is 6.32. The normalized spacial score (nSPS) is 10.6. The molecule has 5 heteroatoms. The van der Waals surface area contributed by atoms with Crippen molar-refractivity contribution in [1.82, 2.24) is 10.3 Å². The molecule has 1 heterocycles. The molecular weight excluding hydrogens is 230 g/mol. The second kappa shape index (κ2) is 8.85. The van der Waals surface area contributed by atoms with Crippen molar-refractivity contribution in [1.29, 1.82) is 0 Å². The number of hydrogen-bond donors (Lipinski definition) is 2. The summed E-state index contributed by atoms with van der Waals surface area (Å²) < 4.78 is 5.06. The van der Waals surface area contributed by atoms with E-state index in [9.17, 15) is 0 Å². The first kappa shape index (κ1) is 14.9. The SMILES string of the molecule is CCNCc1ccc(N(CCO)CCOC)nc1. The Kier molecular flexibility index (Phi) is 7.32. The van der Waals surface area contributed by atoms with Gasteiger partial charge in [-0.1, -0.05) is 13.0 Å². The van der Waals surface area contributed by atoms with E-state index in [2.05, 4.69) is 23.3 Å². The number of anilines is 1. The zero-order valence-electron chi connectivity index (χ0n) is 11.2. The van der Waals surface area contributed by atoms with E-state index in [0.29, 0.717) is 13.2 Å². The molecule has 0 fully saturated rings. The zero-order chi connectivity index (χ0) is 13.2. The van der Waals surface area contributed by atoms with Gasteiger partial charge in [0.15, 0.2) is 0 Å². The summed E-state index contributed by atoms with van der Waals surface area (Å²) in [5, 5.41) is 12.3. The van der Waals surface area contributed by atoms with E-state index in [1.807, 2.05) is 17.2 Å². The molecule has 0 aliphatic heterocycles. The molecule has 0 aliphatic carbocycles. The summed E-state index contributed by atoms with van der Waals surface area (Å²) in [6.45, 7) is 5.91. The van der Waals surface area contributed by atoms with Crippen molar-refractivity contribution >= 4 is 5.82 Å². The maximum Gasteiger partial charge on any atom is 0.128 e. The van der Waals surface area contributed by atoms with Crippen molar-refractivity contribution in [3.8, 4) is 0 Å². The average molecular weight is 253 g/mol. The van der Waals surface area contributed by atoms with Gasteiger partial charge in [-0.25, -0.2) is 4.98 Å². The van der Waals surface area contributed by atoms with E-state index < -0.39 is 0 Å². The Hall–Kier alpha value is -1.17. The minimum Gasteiger partial charge on any atom is -0.395 e. The van der Waals surface area contributed by atoms with Gasteiger partial charge in [0.1, 0.15) is 5.82 Å². The van der Waals surface area contributed by atoms with E-state index in [1.54, 1.807) is 7.11 Å². The van der Waals surface area contributed by atoms with E-state index >= 15 is 0 Å². The Labute approximate surface area is 109 Å². The van der Waals surface area contributed by atoms with Crippen LogP contribution in [0.1, 0.15) is 12.5 Å². The van der Waals surface area contributed by atoms with Crippen LogP contribution in [-0.2, 0) is 11.3 Å². The maximum absolute atomic E-state index is 9.05. The molecule has 2 N–H and O–H groups in total. The topological polar surface area (TPSA) is 57.6 Å². The van der Waals surface area contributed by atoms with Gasteiger partial charge in [-0.3, -0.25) is 0 Å². The lowest BCUT2D eigenvalue weighted by Crippen LogP contribution is -2.30. The van der Waals surface area contributed by atoms with Crippen LogP contribution in [0.15, 0.2) is 18.3 Å². The zero-order valence-corrected chi connectivity index (χ0v) is 11.2. The van der Waals surface area contributed by atoms with Crippen LogP contribution in [-0.4, -0.2) is 50.0 Å². The molecule has 0 atom stereocenters. The molecule has 0 radical (unpaired) electrons. The highest BCUT2D eigenvalue weighted by Crippen LogP contribution is 2.10. The summed E-state index contributed by atoms with van der Waals surface area (Å²) in [6.07, 6.45) is 1.87. The second-order valence-electron chi connectivity index (χ2n) is 4.01. The molecule has 0 saturated carbocycles. The van der Waals surface area contributed by atoms with E-state index in [1.165, 1.54) is 0 Å². The summed E-state index contributed by atoms with van der Waals surface area (Å²) in [4.78, 5) is 6.44. The number of aromatic nitrogens is 1. The molecule has 1 aromatic heterocycles. The Morgan fingerprint density at radius 3 is 2.78 bits per heavy atom. The van der Waals surface area contributed by atoms with Crippen molar-refractivity contribution in [2.45, 2.75) is 13.5 Å². The van der Waals surface area contributed by atoms with Gasteiger partial charge in [0.25, 0.3) is 0 Å². The van der Waals surface area contributed by atoms with Gasteiger partial charge in [0, 0.05) is 32.9 Å². The van der Waals surface area contributed by atoms with Crippen molar-refractivity contribution in [2.75, 3.05) is 44.9 Å². The molecule has 0 bridgehead atoms. The van der Waals surface area contributed by atoms with Gasteiger partial charge in [-0.15, -0.1) is 0 Å². The molecule has 102 valence electrons. The van der Waals surface area contributed by atoms with Crippen LogP contribution in [0, 0.1) is 0 Å². The Morgan fingerprint density at radius 1 is 1.39 bits per heavy atom. The summed E-state index contributed by atoms with van der Waals surface area (Å²) in [5.41, 5.74) is 1.16. The standard InChI is InChI=1S/C13H23N3O2/c1-3-14-10-12-4-5-13(15-11-12)16(6-8-17)7-9-18-2/h4-5,11,14,17H,3,6-10H2,1-2H3.